The van der Waals surface area contributed by atoms with Crippen LogP contribution in [0, 0.1) is 0 Å². The Hall–Kier alpha value is -2.48. The Kier molecular flexibility index (Phi) is 4.12. The van der Waals surface area contributed by atoms with Crippen molar-refractivity contribution in [1.82, 2.24) is 34.0 Å². The molecule has 8 nitrogen and oxygen atoms in total. The predicted octanol–water partition coefficient (Wildman–Crippen LogP) is 1.05. The van der Waals surface area contributed by atoms with Gasteiger partial charge in [0, 0.05) is 51.3 Å². The fraction of sp³-hybridized carbons (Fsp3) is 0.500. The number of hydrogen-bond donors (Lipinski definition) is 0. The molecule has 0 spiro atoms. The van der Waals surface area contributed by atoms with E-state index in [1.165, 1.54) is 0 Å². The number of nitrogens with zero attached hydrogens (tertiary/aromatic N) is 8. The number of rotatable bonds is 5. The summed E-state index contributed by atoms with van der Waals surface area (Å²) in [6.45, 7) is 8.15. The molecular formula is C16H22N8. The van der Waals surface area contributed by atoms with Crippen molar-refractivity contribution in [3.63, 3.8) is 0 Å². The summed E-state index contributed by atoms with van der Waals surface area (Å²) in [5.74, 6) is 2.92. The van der Waals surface area contributed by atoms with E-state index in [2.05, 4.69) is 47.7 Å². The van der Waals surface area contributed by atoms with E-state index in [-0.39, 0.29) is 0 Å². The molecule has 1 aliphatic rings. The van der Waals surface area contributed by atoms with Crippen LogP contribution in [0.25, 0.3) is 5.78 Å². The number of hydrogen-bond acceptors (Lipinski definition) is 6. The zero-order valence-electron chi connectivity index (χ0n) is 13.9. The van der Waals surface area contributed by atoms with Crippen LogP contribution in [0.3, 0.4) is 0 Å². The average molecular weight is 326 g/mol. The lowest BCUT2D eigenvalue weighted by molar-refractivity contribution is 0.240. The molecule has 24 heavy (non-hydrogen) atoms. The number of anilines is 1. The van der Waals surface area contributed by atoms with Crippen molar-refractivity contribution in [1.29, 1.82) is 0 Å². The predicted molar refractivity (Wildman–Crippen MR) is 90.8 cm³/mol. The van der Waals surface area contributed by atoms with Gasteiger partial charge in [-0.3, -0.25) is 9.30 Å². The van der Waals surface area contributed by atoms with E-state index in [1.807, 2.05) is 16.7 Å². The highest BCUT2D eigenvalue weighted by Crippen LogP contribution is 2.17. The first kappa shape index (κ1) is 15.1. The van der Waals surface area contributed by atoms with Gasteiger partial charge in [-0.1, -0.05) is 6.92 Å². The van der Waals surface area contributed by atoms with Crippen molar-refractivity contribution < 1.29 is 0 Å². The van der Waals surface area contributed by atoms with E-state index in [0.717, 1.165) is 57.3 Å². The van der Waals surface area contributed by atoms with Gasteiger partial charge in [-0.05, 0) is 12.5 Å². The Morgan fingerprint density at radius 3 is 2.79 bits per heavy atom. The summed E-state index contributed by atoms with van der Waals surface area (Å²) in [7, 11) is 0. The minimum Gasteiger partial charge on any atom is -0.355 e. The number of fused-ring (bicyclic) bond motifs is 1. The first-order valence-corrected chi connectivity index (χ1v) is 8.47. The minimum atomic E-state index is 0.650. The van der Waals surface area contributed by atoms with E-state index in [0.29, 0.717) is 5.78 Å². The molecule has 3 aromatic rings. The molecule has 0 aliphatic carbocycles. The summed E-state index contributed by atoms with van der Waals surface area (Å²) in [6, 6.07) is 2.03. The largest absolute Gasteiger partial charge is 0.355 e. The van der Waals surface area contributed by atoms with E-state index < -0.39 is 0 Å². The monoisotopic (exact) mass is 326 g/mol. The van der Waals surface area contributed by atoms with Crippen molar-refractivity contribution in [3.05, 3.63) is 36.8 Å². The van der Waals surface area contributed by atoms with Crippen LogP contribution < -0.4 is 4.90 Å². The standard InChI is InChI=1S/C16H22N8/c1-2-6-22-7-5-17-14(22)12-21-8-10-23(11-9-21)15-3-4-18-16-20-19-13-24(15)16/h3-5,7,13H,2,6,8-12H2,1H3. The molecular weight excluding hydrogens is 304 g/mol. The second-order valence-electron chi connectivity index (χ2n) is 6.10. The van der Waals surface area contributed by atoms with Crippen LogP contribution in [0.4, 0.5) is 5.82 Å². The molecule has 3 aromatic heterocycles. The smallest absolute Gasteiger partial charge is 0.256 e. The lowest BCUT2D eigenvalue weighted by Gasteiger charge is -2.35. The third-order valence-corrected chi connectivity index (χ3v) is 4.52. The Morgan fingerprint density at radius 1 is 1.08 bits per heavy atom. The van der Waals surface area contributed by atoms with Crippen molar-refractivity contribution in [2.45, 2.75) is 26.4 Å². The van der Waals surface area contributed by atoms with Crippen LogP contribution in [-0.4, -0.2) is 60.2 Å². The number of imidazole rings is 1. The van der Waals surface area contributed by atoms with Crippen LogP contribution in [-0.2, 0) is 13.1 Å². The van der Waals surface area contributed by atoms with Gasteiger partial charge >= 0.3 is 0 Å². The summed E-state index contributed by atoms with van der Waals surface area (Å²) in [4.78, 5) is 13.6. The summed E-state index contributed by atoms with van der Waals surface area (Å²) in [5.41, 5.74) is 0. The van der Waals surface area contributed by atoms with Gasteiger partial charge in [-0.25, -0.2) is 9.97 Å². The highest BCUT2D eigenvalue weighted by Gasteiger charge is 2.20. The minimum absolute atomic E-state index is 0.650. The average Bonchev–Trinajstić information content (AvgIpc) is 3.25. The second kappa shape index (κ2) is 6.56. The molecule has 8 heteroatoms. The van der Waals surface area contributed by atoms with Crippen LogP contribution >= 0.6 is 0 Å². The molecule has 4 rings (SSSR count). The van der Waals surface area contributed by atoms with Crippen molar-refractivity contribution >= 4 is 11.6 Å². The van der Waals surface area contributed by atoms with Crippen molar-refractivity contribution in [2.24, 2.45) is 0 Å². The number of piperazine rings is 1. The van der Waals surface area contributed by atoms with Gasteiger partial charge < -0.3 is 9.47 Å². The van der Waals surface area contributed by atoms with Gasteiger partial charge in [0.2, 0.25) is 0 Å². The van der Waals surface area contributed by atoms with Gasteiger partial charge in [0.15, 0.2) is 0 Å². The molecule has 1 aliphatic heterocycles. The molecule has 0 radical (unpaired) electrons. The maximum atomic E-state index is 4.52. The fourth-order valence-electron chi connectivity index (χ4n) is 3.26. The lowest BCUT2D eigenvalue weighted by Crippen LogP contribution is -2.46. The molecule has 1 fully saturated rings. The van der Waals surface area contributed by atoms with Gasteiger partial charge in [0.05, 0.1) is 6.54 Å². The Morgan fingerprint density at radius 2 is 1.96 bits per heavy atom. The maximum absolute atomic E-state index is 4.52. The Balaban J connectivity index is 1.42. The SMILES string of the molecule is CCCn1ccnc1CN1CCN(c2ccnc3nncn23)CC1. The molecule has 0 aromatic carbocycles. The van der Waals surface area contributed by atoms with Gasteiger partial charge in [-0.2, -0.15) is 0 Å². The first-order valence-electron chi connectivity index (χ1n) is 8.47. The molecule has 1 saturated heterocycles. The number of aryl methyl sites for hydroxylation is 1. The Labute approximate surface area is 140 Å². The topological polar surface area (TPSA) is 67.4 Å². The fourth-order valence-corrected chi connectivity index (χ4v) is 3.26. The maximum Gasteiger partial charge on any atom is 0.256 e. The Bertz CT molecular complexity index is 799. The van der Waals surface area contributed by atoms with Gasteiger partial charge in [0.1, 0.15) is 18.0 Å². The van der Waals surface area contributed by atoms with Gasteiger partial charge in [-0.15, -0.1) is 10.2 Å². The molecule has 4 heterocycles. The second-order valence-corrected chi connectivity index (χ2v) is 6.10. The van der Waals surface area contributed by atoms with Crippen molar-refractivity contribution in [2.75, 3.05) is 31.1 Å². The summed E-state index contributed by atoms with van der Waals surface area (Å²) in [6.07, 6.45) is 8.64. The zero-order valence-corrected chi connectivity index (χ0v) is 13.9. The number of aromatic nitrogens is 6. The van der Waals surface area contributed by atoms with E-state index >= 15 is 0 Å². The van der Waals surface area contributed by atoms with Crippen LogP contribution in [0.5, 0.6) is 0 Å². The quantitative estimate of drug-likeness (QED) is 0.698. The molecule has 0 N–H and O–H groups in total. The molecule has 0 amide bonds. The molecule has 0 unspecified atom stereocenters. The first-order chi connectivity index (χ1) is 11.8. The zero-order chi connectivity index (χ0) is 16.4. The highest BCUT2D eigenvalue weighted by atomic mass is 15.4. The molecule has 126 valence electrons. The highest BCUT2D eigenvalue weighted by molar-refractivity contribution is 5.46. The normalized spacial score (nSPS) is 16.1. The van der Waals surface area contributed by atoms with E-state index in [4.69, 9.17) is 0 Å². The molecule has 0 atom stereocenters. The van der Waals surface area contributed by atoms with E-state index in [1.54, 1.807) is 12.5 Å². The third kappa shape index (κ3) is 2.84. The summed E-state index contributed by atoms with van der Waals surface area (Å²) < 4.78 is 4.21. The third-order valence-electron chi connectivity index (χ3n) is 4.52. The van der Waals surface area contributed by atoms with Crippen LogP contribution in [0.2, 0.25) is 0 Å². The molecule has 0 saturated carbocycles. The lowest BCUT2D eigenvalue weighted by atomic mass is 10.3. The summed E-state index contributed by atoms with van der Waals surface area (Å²) in [5, 5.41) is 7.97. The van der Waals surface area contributed by atoms with Crippen molar-refractivity contribution in [3.8, 4) is 0 Å². The van der Waals surface area contributed by atoms with Crippen LogP contribution in [0.15, 0.2) is 31.0 Å². The van der Waals surface area contributed by atoms with Gasteiger partial charge in [0.25, 0.3) is 5.78 Å². The van der Waals surface area contributed by atoms with E-state index in [9.17, 15) is 0 Å². The summed E-state index contributed by atoms with van der Waals surface area (Å²) >= 11 is 0. The van der Waals surface area contributed by atoms with Crippen LogP contribution in [0.1, 0.15) is 19.2 Å². The molecule has 0 bridgehead atoms.